The standard InChI is InChI=1S/C20H21N3O3/c24-20(17-12-23-10-5-4-8-19(23)21-17)22-16-9-11-25-14-18(16)26-13-15-6-2-1-3-7-15/h1-8,10,12,16,18H,9,11,13-14H2,(H,22,24)/t16-,18-/m1/s1. The summed E-state index contributed by atoms with van der Waals surface area (Å²) in [6.07, 6.45) is 4.16. The number of nitrogens with one attached hydrogen (secondary N) is 1. The fourth-order valence-corrected chi connectivity index (χ4v) is 3.11. The number of benzene rings is 1. The molecule has 1 aliphatic heterocycles. The lowest BCUT2D eigenvalue weighted by Gasteiger charge is -2.32. The predicted molar refractivity (Wildman–Crippen MR) is 96.9 cm³/mol. The van der Waals surface area contributed by atoms with E-state index >= 15 is 0 Å². The van der Waals surface area contributed by atoms with Crippen molar-refractivity contribution >= 4 is 11.6 Å². The third kappa shape index (κ3) is 3.76. The summed E-state index contributed by atoms with van der Waals surface area (Å²) in [5.74, 6) is -0.186. The van der Waals surface area contributed by atoms with Crippen molar-refractivity contribution in [1.29, 1.82) is 0 Å². The zero-order valence-corrected chi connectivity index (χ0v) is 14.4. The first-order chi connectivity index (χ1) is 12.8. The van der Waals surface area contributed by atoms with Crippen molar-refractivity contribution in [2.75, 3.05) is 13.2 Å². The van der Waals surface area contributed by atoms with E-state index in [4.69, 9.17) is 9.47 Å². The summed E-state index contributed by atoms with van der Waals surface area (Å²) < 4.78 is 13.4. The third-order valence-corrected chi connectivity index (χ3v) is 4.52. The van der Waals surface area contributed by atoms with Gasteiger partial charge in [0.2, 0.25) is 0 Å². The summed E-state index contributed by atoms with van der Waals surface area (Å²) in [4.78, 5) is 17.0. The van der Waals surface area contributed by atoms with Crippen LogP contribution < -0.4 is 5.32 Å². The molecule has 0 aliphatic carbocycles. The Labute approximate surface area is 151 Å². The van der Waals surface area contributed by atoms with Crippen LogP contribution in [0.25, 0.3) is 5.65 Å². The van der Waals surface area contributed by atoms with Crippen LogP contribution in [0.2, 0.25) is 0 Å². The van der Waals surface area contributed by atoms with E-state index in [1.165, 1.54) is 0 Å². The molecule has 2 atom stereocenters. The van der Waals surface area contributed by atoms with Crippen LogP contribution in [-0.4, -0.2) is 40.7 Å². The van der Waals surface area contributed by atoms with Crippen molar-refractivity contribution in [1.82, 2.24) is 14.7 Å². The molecule has 1 saturated heterocycles. The van der Waals surface area contributed by atoms with E-state index in [2.05, 4.69) is 10.3 Å². The molecule has 0 unspecified atom stereocenters. The highest BCUT2D eigenvalue weighted by Gasteiger charge is 2.29. The minimum Gasteiger partial charge on any atom is -0.379 e. The monoisotopic (exact) mass is 351 g/mol. The third-order valence-electron chi connectivity index (χ3n) is 4.52. The van der Waals surface area contributed by atoms with E-state index in [-0.39, 0.29) is 18.1 Å². The largest absolute Gasteiger partial charge is 0.379 e. The van der Waals surface area contributed by atoms with Gasteiger partial charge in [-0.15, -0.1) is 0 Å². The summed E-state index contributed by atoms with van der Waals surface area (Å²) in [5, 5.41) is 3.06. The number of nitrogens with zero attached hydrogens (tertiary/aromatic N) is 2. The number of imidazole rings is 1. The Kier molecular flexibility index (Phi) is 4.95. The second-order valence-electron chi connectivity index (χ2n) is 6.37. The minimum atomic E-state index is -0.186. The van der Waals surface area contributed by atoms with Crippen molar-refractivity contribution in [3.05, 3.63) is 72.2 Å². The maximum absolute atomic E-state index is 12.6. The Morgan fingerprint density at radius 3 is 2.92 bits per heavy atom. The number of hydrogen-bond acceptors (Lipinski definition) is 4. The predicted octanol–water partition coefficient (Wildman–Crippen LogP) is 2.44. The zero-order valence-electron chi connectivity index (χ0n) is 14.4. The Morgan fingerprint density at radius 1 is 1.23 bits per heavy atom. The Morgan fingerprint density at radius 2 is 2.08 bits per heavy atom. The smallest absolute Gasteiger partial charge is 0.271 e. The first-order valence-corrected chi connectivity index (χ1v) is 8.77. The highest BCUT2D eigenvalue weighted by molar-refractivity contribution is 5.93. The number of carbonyl (C=O) groups is 1. The first kappa shape index (κ1) is 16.8. The Bertz CT molecular complexity index is 845. The van der Waals surface area contributed by atoms with Gasteiger partial charge in [0.25, 0.3) is 5.91 Å². The van der Waals surface area contributed by atoms with Crippen LogP contribution in [0.4, 0.5) is 0 Å². The van der Waals surface area contributed by atoms with Crippen LogP contribution in [0.5, 0.6) is 0 Å². The normalized spacial score (nSPS) is 20.2. The molecule has 2 aromatic heterocycles. The zero-order chi connectivity index (χ0) is 17.8. The number of hydrogen-bond donors (Lipinski definition) is 1. The summed E-state index contributed by atoms with van der Waals surface area (Å²) in [6.45, 7) is 1.58. The Balaban J connectivity index is 1.41. The van der Waals surface area contributed by atoms with Crippen LogP contribution in [0.3, 0.4) is 0 Å². The molecule has 1 fully saturated rings. The van der Waals surface area contributed by atoms with Crippen molar-refractivity contribution in [3.8, 4) is 0 Å². The number of pyridine rings is 1. The summed E-state index contributed by atoms with van der Waals surface area (Å²) >= 11 is 0. The lowest BCUT2D eigenvalue weighted by Crippen LogP contribution is -2.50. The molecule has 0 radical (unpaired) electrons. The van der Waals surface area contributed by atoms with Gasteiger partial charge in [-0.05, 0) is 24.1 Å². The van der Waals surface area contributed by atoms with Gasteiger partial charge in [-0.1, -0.05) is 36.4 Å². The molecule has 0 saturated carbocycles. The molecule has 1 amide bonds. The molecule has 134 valence electrons. The molecule has 1 N–H and O–H groups in total. The van der Waals surface area contributed by atoms with E-state index in [9.17, 15) is 4.79 Å². The number of rotatable bonds is 5. The van der Waals surface area contributed by atoms with E-state index < -0.39 is 0 Å². The lowest BCUT2D eigenvalue weighted by atomic mass is 10.1. The average Bonchev–Trinajstić information content (AvgIpc) is 3.12. The molecule has 0 spiro atoms. The molecule has 1 aliphatic rings. The molecule has 6 heteroatoms. The fourth-order valence-electron chi connectivity index (χ4n) is 3.11. The van der Waals surface area contributed by atoms with Crippen LogP contribution >= 0.6 is 0 Å². The van der Waals surface area contributed by atoms with Gasteiger partial charge < -0.3 is 19.2 Å². The van der Waals surface area contributed by atoms with E-state index in [1.807, 2.05) is 59.1 Å². The average molecular weight is 351 g/mol. The highest BCUT2D eigenvalue weighted by Crippen LogP contribution is 2.15. The van der Waals surface area contributed by atoms with Gasteiger partial charge in [-0.2, -0.15) is 0 Å². The lowest BCUT2D eigenvalue weighted by molar-refractivity contribution is -0.0736. The van der Waals surface area contributed by atoms with E-state index in [0.29, 0.717) is 25.5 Å². The minimum absolute atomic E-state index is 0.0928. The van der Waals surface area contributed by atoms with Crippen molar-refractivity contribution in [3.63, 3.8) is 0 Å². The first-order valence-electron chi connectivity index (χ1n) is 8.77. The molecule has 3 heterocycles. The molecule has 26 heavy (non-hydrogen) atoms. The van der Waals surface area contributed by atoms with Gasteiger partial charge >= 0.3 is 0 Å². The molecule has 3 aromatic rings. The van der Waals surface area contributed by atoms with E-state index in [1.54, 1.807) is 6.20 Å². The van der Waals surface area contributed by atoms with Gasteiger partial charge in [-0.3, -0.25) is 4.79 Å². The van der Waals surface area contributed by atoms with E-state index in [0.717, 1.165) is 17.6 Å². The number of fused-ring (bicyclic) bond motifs is 1. The molecule has 4 rings (SSSR count). The SMILES string of the molecule is O=C(N[C@@H]1CCOC[C@H]1OCc1ccccc1)c1cn2ccccc2n1. The van der Waals surface area contributed by atoms with Gasteiger partial charge in [-0.25, -0.2) is 4.98 Å². The number of amides is 1. The van der Waals surface area contributed by atoms with Crippen LogP contribution in [0.1, 0.15) is 22.5 Å². The fraction of sp³-hybridized carbons (Fsp3) is 0.300. The van der Waals surface area contributed by atoms with Gasteiger partial charge in [0.15, 0.2) is 0 Å². The number of carbonyl (C=O) groups excluding carboxylic acids is 1. The number of ether oxygens (including phenoxy) is 2. The second-order valence-corrected chi connectivity index (χ2v) is 6.37. The Hall–Kier alpha value is -2.70. The molecule has 1 aromatic carbocycles. The topological polar surface area (TPSA) is 64.9 Å². The van der Waals surface area contributed by atoms with Gasteiger partial charge in [0, 0.05) is 19.0 Å². The van der Waals surface area contributed by atoms with Crippen molar-refractivity contribution in [2.24, 2.45) is 0 Å². The second kappa shape index (κ2) is 7.68. The molecular formula is C20H21N3O3. The number of aromatic nitrogens is 2. The molecular weight excluding hydrogens is 330 g/mol. The van der Waals surface area contributed by atoms with Crippen molar-refractivity contribution < 1.29 is 14.3 Å². The maximum atomic E-state index is 12.6. The van der Waals surface area contributed by atoms with Crippen LogP contribution in [-0.2, 0) is 16.1 Å². The van der Waals surface area contributed by atoms with Gasteiger partial charge in [0.1, 0.15) is 17.4 Å². The summed E-state index contributed by atoms with van der Waals surface area (Å²) in [7, 11) is 0. The van der Waals surface area contributed by atoms with Crippen molar-refractivity contribution in [2.45, 2.75) is 25.2 Å². The molecule has 6 nitrogen and oxygen atoms in total. The van der Waals surface area contributed by atoms with Crippen LogP contribution in [0.15, 0.2) is 60.9 Å². The maximum Gasteiger partial charge on any atom is 0.271 e. The summed E-state index contributed by atoms with van der Waals surface area (Å²) in [5.41, 5.74) is 2.26. The highest BCUT2D eigenvalue weighted by atomic mass is 16.5. The summed E-state index contributed by atoms with van der Waals surface area (Å²) in [6, 6.07) is 15.6. The quantitative estimate of drug-likeness (QED) is 0.767. The van der Waals surface area contributed by atoms with Gasteiger partial charge in [0.05, 0.1) is 19.3 Å². The van der Waals surface area contributed by atoms with Crippen LogP contribution in [0, 0.1) is 0 Å². The molecule has 0 bridgehead atoms.